The van der Waals surface area contributed by atoms with Crippen LogP contribution in [0.15, 0.2) is 29.3 Å². The van der Waals surface area contributed by atoms with Crippen LogP contribution >= 0.6 is 24.0 Å². The van der Waals surface area contributed by atoms with Crippen molar-refractivity contribution in [1.82, 2.24) is 20.9 Å². The maximum absolute atomic E-state index is 12.5. The van der Waals surface area contributed by atoms with Crippen LogP contribution in [0.4, 0.5) is 0 Å². The van der Waals surface area contributed by atoms with Gasteiger partial charge >= 0.3 is 0 Å². The van der Waals surface area contributed by atoms with Gasteiger partial charge in [0.1, 0.15) is 0 Å². The van der Waals surface area contributed by atoms with Gasteiger partial charge in [0.2, 0.25) is 0 Å². The summed E-state index contributed by atoms with van der Waals surface area (Å²) in [5.74, 6) is 1.38. The SMILES string of the molecule is CCNC(=NCc1cccc(C(=O)NC(C)(C)C)c1)NCC(CC(C)C)N1CCOCC1.I. The Hall–Kier alpha value is -1.39. The highest BCUT2D eigenvalue weighted by molar-refractivity contribution is 14.0. The van der Waals surface area contributed by atoms with Crippen molar-refractivity contribution in [2.24, 2.45) is 10.9 Å². The maximum atomic E-state index is 12.5. The Labute approximate surface area is 217 Å². The van der Waals surface area contributed by atoms with E-state index in [1.807, 2.05) is 45.0 Å². The van der Waals surface area contributed by atoms with Crippen molar-refractivity contribution in [3.05, 3.63) is 35.4 Å². The van der Waals surface area contributed by atoms with Crippen molar-refractivity contribution >= 4 is 35.8 Å². The Morgan fingerprint density at radius 3 is 2.48 bits per heavy atom. The van der Waals surface area contributed by atoms with Gasteiger partial charge in [-0.1, -0.05) is 26.0 Å². The quantitative estimate of drug-likeness (QED) is 0.239. The molecule has 1 amide bonds. The van der Waals surface area contributed by atoms with Crippen molar-refractivity contribution in [3.63, 3.8) is 0 Å². The second-order valence-corrected chi connectivity index (χ2v) is 9.91. The summed E-state index contributed by atoms with van der Waals surface area (Å²) in [5, 5.41) is 9.90. The molecule has 0 aliphatic carbocycles. The zero-order valence-corrected chi connectivity index (χ0v) is 23.6. The van der Waals surface area contributed by atoms with E-state index in [1.54, 1.807) is 0 Å². The van der Waals surface area contributed by atoms with Crippen molar-refractivity contribution in [3.8, 4) is 0 Å². The normalized spacial score (nSPS) is 16.2. The van der Waals surface area contributed by atoms with Crippen molar-refractivity contribution in [1.29, 1.82) is 0 Å². The van der Waals surface area contributed by atoms with Crippen LogP contribution in [-0.2, 0) is 11.3 Å². The first-order chi connectivity index (χ1) is 15.2. The smallest absolute Gasteiger partial charge is 0.251 e. The summed E-state index contributed by atoms with van der Waals surface area (Å²) in [4.78, 5) is 19.8. The molecule has 0 radical (unpaired) electrons. The fourth-order valence-corrected chi connectivity index (χ4v) is 3.80. The molecule has 0 saturated carbocycles. The molecular weight excluding hydrogens is 529 g/mol. The summed E-state index contributed by atoms with van der Waals surface area (Å²) in [5.41, 5.74) is 1.41. The number of halogens is 1. The second kappa shape index (κ2) is 14.8. The van der Waals surface area contributed by atoms with Gasteiger partial charge in [-0.05, 0) is 57.7 Å². The third-order valence-corrected chi connectivity index (χ3v) is 5.25. The topological polar surface area (TPSA) is 78.0 Å². The molecule has 0 bridgehead atoms. The molecule has 7 nitrogen and oxygen atoms in total. The fourth-order valence-electron chi connectivity index (χ4n) is 3.80. The van der Waals surface area contributed by atoms with Crippen molar-refractivity contribution in [2.45, 2.75) is 66.1 Å². The number of nitrogens with zero attached hydrogens (tertiary/aromatic N) is 2. The van der Waals surface area contributed by atoms with Gasteiger partial charge < -0.3 is 20.7 Å². The van der Waals surface area contributed by atoms with E-state index in [4.69, 9.17) is 9.73 Å². The third-order valence-electron chi connectivity index (χ3n) is 5.25. The number of rotatable bonds is 9. The molecule has 0 spiro atoms. The number of carbonyl (C=O) groups is 1. The van der Waals surface area contributed by atoms with Gasteiger partial charge in [-0.15, -0.1) is 24.0 Å². The molecular formula is C25H44IN5O2. The van der Waals surface area contributed by atoms with E-state index in [2.05, 4.69) is 41.6 Å². The molecule has 33 heavy (non-hydrogen) atoms. The summed E-state index contributed by atoms with van der Waals surface area (Å²) >= 11 is 0. The molecule has 2 rings (SSSR count). The Morgan fingerprint density at radius 2 is 1.88 bits per heavy atom. The minimum atomic E-state index is -0.264. The molecule has 3 N–H and O–H groups in total. The van der Waals surface area contributed by atoms with Gasteiger partial charge in [0, 0.05) is 43.3 Å². The number of nitrogens with one attached hydrogen (secondary N) is 3. The van der Waals surface area contributed by atoms with E-state index < -0.39 is 0 Å². The van der Waals surface area contributed by atoms with Crippen molar-refractivity contribution in [2.75, 3.05) is 39.4 Å². The first-order valence-corrected chi connectivity index (χ1v) is 11.9. The average Bonchev–Trinajstić information content (AvgIpc) is 2.74. The highest BCUT2D eigenvalue weighted by atomic mass is 127. The maximum Gasteiger partial charge on any atom is 0.251 e. The van der Waals surface area contributed by atoms with E-state index in [1.165, 1.54) is 0 Å². The fraction of sp³-hybridized carbons (Fsp3) is 0.680. The van der Waals surface area contributed by atoms with Gasteiger partial charge in [-0.2, -0.15) is 0 Å². The molecule has 1 fully saturated rings. The van der Waals surface area contributed by atoms with Crippen LogP contribution in [0, 0.1) is 5.92 Å². The standard InChI is InChI=1S/C25H43N5O2.HI/c1-7-26-24(28-18-22(15-19(2)3)30-11-13-32-14-12-30)27-17-20-9-8-10-21(16-20)23(31)29-25(4,5)6;/h8-10,16,19,22H,7,11-15,17-18H2,1-6H3,(H,29,31)(H2,26,27,28);1H. The van der Waals surface area contributed by atoms with Gasteiger partial charge in [-0.3, -0.25) is 9.69 Å². The van der Waals surface area contributed by atoms with E-state index in [9.17, 15) is 4.79 Å². The summed E-state index contributed by atoms with van der Waals surface area (Å²) in [6, 6.07) is 8.14. The molecule has 1 aromatic carbocycles. The highest BCUT2D eigenvalue weighted by Crippen LogP contribution is 2.13. The lowest BCUT2D eigenvalue weighted by Crippen LogP contribution is -2.51. The second-order valence-electron chi connectivity index (χ2n) is 9.91. The molecule has 188 valence electrons. The predicted octanol–water partition coefficient (Wildman–Crippen LogP) is 3.63. The lowest BCUT2D eigenvalue weighted by atomic mass is 10.0. The average molecular weight is 574 g/mol. The Bertz CT molecular complexity index is 743. The van der Waals surface area contributed by atoms with E-state index in [0.29, 0.717) is 24.1 Å². The highest BCUT2D eigenvalue weighted by Gasteiger charge is 2.22. The van der Waals surface area contributed by atoms with Gasteiger partial charge in [0.15, 0.2) is 5.96 Å². The lowest BCUT2D eigenvalue weighted by Gasteiger charge is -2.35. The molecule has 1 aliphatic rings. The number of hydrogen-bond donors (Lipinski definition) is 3. The van der Waals surface area contributed by atoms with Crippen LogP contribution in [0.25, 0.3) is 0 Å². The van der Waals surface area contributed by atoms with Crippen LogP contribution in [0.1, 0.15) is 63.9 Å². The number of guanidine groups is 1. The predicted molar refractivity (Wildman–Crippen MR) is 148 cm³/mol. The van der Waals surface area contributed by atoms with Gasteiger partial charge in [0.25, 0.3) is 5.91 Å². The van der Waals surface area contributed by atoms with Crippen molar-refractivity contribution < 1.29 is 9.53 Å². The Kier molecular flexibility index (Phi) is 13.3. The number of benzene rings is 1. The molecule has 1 saturated heterocycles. The first kappa shape index (κ1) is 29.6. The lowest BCUT2D eigenvalue weighted by molar-refractivity contribution is 0.0132. The van der Waals surface area contributed by atoms with E-state index in [0.717, 1.165) is 57.3 Å². The Balaban J connectivity index is 0.00000544. The summed E-state index contributed by atoms with van der Waals surface area (Å²) in [6.07, 6.45) is 1.14. The van der Waals surface area contributed by atoms with Crippen LogP contribution in [0.2, 0.25) is 0 Å². The zero-order valence-electron chi connectivity index (χ0n) is 21.2. The van der Waals surface area contributed by atoms with Crippen LogP contribution in [0.3, 0.4) is 0 Å². The molecule has 1 aromatic rings. The third kappa shape index (κ3) is 11.5. The van der Waals surface area contributed by atoms with Crippen LogP contribution in [0.5, 0.6) is 0 Å². The molecule has 1 aliphatic heterocycles. The zero-order chi connectivity index (χ0) is 23.6. The van der Waals surface area contributed by atoms with Gasteiger partial charge in [-0.25, -0.2) is 4.99 Å². The molecule has 1 atom stereocenters. The number of morpholine rings is 1. The number of amides is 1. The summed E-state index contributed by atoms with van der Waals surface area (Å²) in [6.45, 7) is 18.3. The van der Waals surface area contributed by atoms with Crippen LogP contribution < -0.4 is 16.0 Å². The molecule has 1 unspecified atom stereocenters. The minimum absolute atomic E-state index is 0. The largest absolute Gasteiger partial charge is 0.379 e. The molecule has 1 heterocycles. The number of aliphatic imine (C=N–C) groups is 1. The molecule has 0 aromatic heterocycles. The summed E-state index contributed by atoms with van der Waals surface area (Å²) < 4.78 is 5.53. The minimum Gasteiger partial charge on any atom is -0.379 e. The van der Waals surface area contributed by atoms with Crippen LogP contribution in [-0.4, -0.2) is 67.7 Å². The Morgan fingerprint density at radius 1 is 1.18 bits per heavy atom. The summed E-state index contributed by atoms with van der Waals surface area (Å²) in [7, 11) is 0. The molecule has 8 heteroatoms. The number of carbonyl (C=O) groups excluding carboxylic acids is 1. The monoisotopic (exact) mass is 573 g/mol. The first-order valence-electron chi connectivity index (χ1n) is 11.9. The van der Waals surface area contributed by atoms with E-state index >= 15 is 0 Å². The number of hydrogen-bond acceptors (Lipinski definition) is 4. The number of ether oxygens (including phenoxy) is 1. The van der Waals surface area contributed by atoms with Gasteiger partial charge in [0.05, 0.1) is 19.8 Å². The van der Waals surface area contributed by atoms with E-state index in [-0.39, 0.29) is 35.4 Å².